The highest BCUT2D eigenvalue weighted by molar-refractivity contribution is 5.78. The van der Waals surface area contributed by atoms with Gasteiger partial charge in [-0.2, -0.15) is 5.26 Å². The standard InChI is InChI=1S/C25H29N5O2/c1-25(2,3)15-30-22-8-7-21(27-23(22)28(4)24(30)31)20-9-16(5-6-17(20)11-26)12-29-13-19-10-18(29)14-32-19/h5-9,18-19H,10,12-15H2,1-4H3/t18-,19?/m1/s1. The van der Waals surface area contributed by atoms with Gasteiger partial charge in [-0.15, -0.1) is 0 Å². The highest BCUT2D eigenvalue weighted by Gasteiger charge is 2.38. The molecule has 4 heterocycles. The van der Waals surface area contributed by atoms with E-state index in [4.69, 9.17) is 9.72 Å². The van der Waals surface area contributed by atoms with Crippen LogP contribution in [0.2, 0.25) is 0 Å². The number of morpholine rings is 1. The van der Waals surface area contributed by atoms with E-state index >= 15 is 0 Å². The molecule has 166 valence electrons. The summed E-state index contributed by atoms with van der Waals surface area (Å²) in [6.45, 7) is 9.57. The molecule has 2 aromatic heterocycles. The van der Waals surface area contributed by atoms with Gasteiger partial charge in [0, 0.05) is 38.3 Å². The van der Waals surface area contributed by atoms with Crippen molar-refractivity contribution in [3.8, 4) is 17.3 Å². The summed E-state index contributed by atoms with van der Waals surface area (Å²) in [6, 6.07) is 12.7. The highest BCUT2D eigenvalue weighted by atomic mass is 16.5. The van der Waals surface area contributed by atoms with Crippen LogP contribution in [-0.2, 0) is 24.9 Å². The van der Waals surface area contributed by atoms with E-state index in [0.29, 0.717) is 35.6 Å². The first-order valence-corrected chi connectivity index (χ1v) is 11.2. The van der Waals surface area contributed by atoms with E-state index in [2.05, 4.69) is 37.8 Å². The van der Waals surface area contributed by atoms with Crippen molar-refractivity contribution >= 4 is 11.2 Å². The Morgan fingerprint density at radius 3 is 2.72 bits per heavy atom. The van der Waals surface area contributed by atoms with Crippen molar-refractivity contribution < 1.29 is 4.74 Å². The van der Waals surface area contributed by atoms with Gasteiger partial charge in [0.25, 0.3) is 0 Å². The number of hydrogen-bond donors (Lipinski definition) is 0. The van der Waals surface area contributed by atoms with Crippen LogP contribution in [0, 0.1) is 16.7 Å². The molecule has 7 heteroatoms. The normalized spacial score (nSPS) is 20.8. The van der Waals surface area contributed by atoms with Gasteiger partial charge >= 0.3 is 5.69 Å². The number of ether oxygens (including phenoxy) is 1. The Balaban J connectivity index is 1.53. The summed E-state index contributed by atoms with van der Waals surface area (Å²) in [4.78, 5) is 20.2. The second-order valence-corrected chi connectivity index (χ2v) is 10.3. The lowest BCUT2D eigenvalue weighted by molar-refractivity contribution is 0.0273. The van der Waals surface area contributed by atoms with Crippen LogP contribution in [0.15, 0.2) is 35.1 Å². The zero-order chi connectivity index (χ0) is 22.6. The minimum Gasteiger partial charge on any atom is -0.375 e. The van der Waals surface area contributed by atoms with E-state index < -0.39 is 0 Å². The van der Waals surface area contributed by atoms with Crippen LogP contribution < -0.4 is 5.69 Å². The molecule has 0 amide bonds. The number of nitrogens with zero attached hydrogens (tertiary/aromatic N) is 5. The summed E-state index contributed by atoms with van der Waals surface area (Å²) in [5, 5.41) is 9.72. The van der Waals surface area contributed by atoms with Crippen molar-refractivity contribution in [2.45, 2.75) is 52.4 Å². The lowest BCUT2D eigenvalue weighted by atomic mass is 9.97. The monoisotopic (exact) mass is 431 g/mol. The molecule has 2 saturated heterocycles. The number of pyridine rings is 1. The second kappa shape index (κ2) is 7.58. The SMILES string of the molecule is Cn1c(=O)n(CC(C)(C)C)c2ccc(-c3cc(CN4CC5C[C@@H]4CO5)ccc3C#N)nc21. The van der Waals surface area contributed by atoms with Crippen molar-refractivity contribution in [1.29, 1.82) is 5.26 Å². The Bertz CT molecular complexity index is 1290. The highest BCUT2D eigenvalue weighted by Crippen LogP contribution is 2.31. The van der Waals surface area contributed by atoms with Crippen molar-refractivity contribution in [3.05, 3.63) is 51.9 Å². The Morgan fingerprint density at radius 2 is 2.06 bits per heavy atom. The third-order valence-electron chi connectivity index (χ3n) is 6.49. The molecular weight excluding hydrogens is 402 g/mol. The molecule has 2 bridgehead atoms. The molecule has 2 atom stereocenters. The third-order valence-corrected chi connectivity index (χ3v) is 6.49. The van der Waals surface area contributed by atoms with Crippen LogP contribution in [0.4, 0.5) is 0 Å². The van der Waals surface area contributed by atoms with Crippen molar-refractivity contribution in [2.75, 3.05) is 13.2 Å². The third kappa shape index (κ3) is 3.64. The van der Waals surface area contributed by atoms with Crippen LogP contribution in [0.3, 0.4) is 0 Å². The largest absolute Gasteiger partial charge is 0.375 e. The molecule has 0 saturated carbocycles. The van der Waals surface area contributed by atoms with Crippen LogP contribution in [-0.4, -0.2) is 44.3 Å². The summed E-state index contributed by atoms with van der Waals surface area (Å²) in [7, 11) is 1.76. The summed E-state index contributed by atoms with van der Waals surface area (Å²) in [5.41, 5.74) is 4.63. The lowest BCUT2D eigenvalue weighted by Crippen LogP contribution is -2.36. The van der Waals surface area contributed by atoms with E-state index in [0.717, 1.165) is 42.8 Å². The van der Waals surface area contributed by atoms with Gasteiger partial charge in [0.05, 0.1) is 35.6 Å². The maximum absolute atomic E-state index is 12.9. The van der Waals surface area contributed by atoms with Crippen molar-refractivity contribution in [2.24, 2.45) is 12.5 Å². The minimum atomic E-state index is -0.0693. The molecule has 2 aliphatic heterocycles. The van der Waals surface area contributed by atoms with Crippen molar-refractivity contribution in [3.63, 3.8) is 0 Å². The number of hydrogen-bond acceptors (Lipinski definition) is 5. The Morgan fingerprint density at radius 1 is 1.25 bits per heavy atom. The Hall–Kier alpha value is -2.95. The van der Waals surface area contributed by atoms with E-state index in [9.17, 15) is 10.1 Å². The number of nitriles is 1. The molecule has 2 fully saturated rings. The molecule has 7 nitrogen and oxygen atoms in total. The van der Waals surface area contributed by atoms with Gasteiger partial charge in [-0.3, -0.25) is 14.0 Å². The van der Waals surface area contributed by atoms with Crippen LogP contribution >= 0.6 is 0 Å². The van der Waals surface area contributed by atoms with Gasteiger partial charge in [0.1, 0.15) is 0 Å². The van der Waals surface area contributed by atoms with E-state index in [1.54, 1.807) is 16.2 Å². The van der Waals surface area contributed by atoms with E-state index in [-0.39, 0.29) is 11.1 Å². The minimum absolute atomic E-state index is 0.0286. The summed E-state index contributed by atoms with van der Waals surface area (Å²) >= 11 is 0. The topological polar surface area (TPSA) is 76.1 Å². The molecule has 3 aromatic rings. The first kappa shape index (κ1) is 20.9. The van der Waals surface area contributed by atoms with Crippen LogP contribution in [0.5, 0.6) is 0 Å². The fourth-order valence-corrected chi connectivity index (χ4v) is 4.96. The number of benzene rings is 1. The number of fused-ring (bicyclic) bond motifs is 3. The first-order chi connectivity index (χ1) is 15.2. The number of likely N-dealkylation sites (tertiary alicyclic amines) is 1. The summed E-state index contributed by atoms with van der Waals surface area (Å²) in [5.74, 6) is 0. The van der Waals surface area contributed by atoms with Crippen LogP contribution in [0.25, 0.3) is 22.4 Å². The van der Waals surface area contributed by atoms with Gasteiger partial charge in [-0.1, -0.05) is 26.8 Å². The number of aromatic nitrogens is 3. The molecule has 0 N–H and O–H groups in total. The fourth-order valence-electron chi connectivity index (χ4n) is 4.96. The molecule has 2 aliphatic rings. The molecule has 1 unspecified atom stereocenters. The van der Waals surface area contributed by atoms with Gasteiger partial charge in [0.15, 0.2) is 5.65 Å². The quantitative estimate of drug-likeness (QED) is 0.634. The van der Waals surface area contributed by atoms with Crippen molar-refractivity contribution in [1.82, 2.24) is 19.0 Å². The predicted molar refractivity (Wildman–Crippen MR) is 123 cm³/mol. The average molecular weight is 432 g/mol. The average Bonchev–Trinajstić information content (AvgIpc) is 3.44. The summed E-state index contributed by atoms with van der Waals surface area (Å²) in [6.07, 6.45) is 1.47. The Labute approximate surface area is 187 Å². The lowest BCUT2D eigenvalue weighted by Gasteiger charge is -2.26. The predicted octanol–water partition coefficient (Wildman–Crippen LogP) is 3.29. The molecule has 0 radical (unpaired) electrons. The molecule has 5 rings (SSSR count). The second-order valence-electron chi connectivity index (χ2n) is 10.3. The number of rotatable bonds is 4. The Kier molecular flexibility index (Phi) is 4.95. The van der Waals surface area contributed by atoms with Gasteiger partial charge in [-0.25, -0.2) is 9.78 Å². The molecule has 1 aromatic carbocycles. The maximum atomic E-state index is 12.9. The van der Waals surface area contributed by atoms with Crippen LogP contribution in [0.1, 0.15) is 38.3 Å². The molecule has 32 heavy (non-hydrogen) atoms. The molecular formula is C25H29N5O2. The van der Waals surface area contributed by atoms with Gasteiger partial charge < -0.3 is 4.74 Å². The van der Waals surface area contributed by atoms with Gasteiger partial charge in [0.2, 0.25) is 0 Å². The smallest absolute Gasteiger partial charge is 0.330 e. The van der Waals surface area contributed by atoms with Gasteiger partial charge in [-0.05, 0) is 41.7 Å². The van der Waals surface area contributed by atoms with E-state index in [1.807, 2.05) is 24.3 Å². The summed E-state index contributed by atoms with van der Waals surface area (Å²) < 4.78 is 9.11. The zero-order valence-corrected chi connectivity index (χ0v) is 19.1. The number of aryl methyl sites for hydroxylation is 1. The van der Waals surface area contributed by atoms with E-state index in [1.165, 1.54) is 0 Å². The molecule has 0 spiro atoms. The molecule has 0 aliphatic carbocycles. The zero-order valence-electron chi connectivity index (χ0n) is 19.1. The maximum Gasteiger partial charge on any atom is 0.330 e. The number of imidazole rings is 1. The first-order valence-electron chi connectivity index (χ1n) is 11.2. The fraction of sp³-hybridized carbons (Fsp3) is 0.480.